The number of aliphatic imine (C=N–C) groups is 1. The Hall–Kier alpha value is -2.31. The first kappa shape index (κ1) is 16.5. The van der Waals surface area contributed by atoms with Crippen molar-refractivity contribution in [1.29, 1.82) is 0 Å². The second kappa shape index (κ2) is 7.51. The van der Waals surface area contributed by atoms with Crippen LogP contribution in [0.2, 0.25) is 0 Å². The molecule has 126 valence electrons. The van der Waals surface area contributed by atoms with Crippen LogP contribution in [-0.4, -0.2) is 29.2 Å². The molecule has 2 heterocycles. The Labute approximate surface area is 145 Å². The lowest BCUT2D eigenvalue weighted by Crippen LogP contribution is -2.38. The first-order chi connectivity index (χ1) is 11.7. The van der Waals surface area contributed by atoms with E-state index in [4.69, 9.17) is 0 Å². The zero-order chi connectivity index (χ0) is 16.9. The second-order valence-corrected chi connectivity index (χ2v) is 6.81. The van der Waals surface area contributed by atoms with Gasteiger partial charge < -0.3 is 20.3 Å². The Balaban J connectivity index is 1.54. The number of aryl methyl sites for hydroxylation is 1. The van der Waals surface area contributed by atoms with E-state index in [0.29, 0.717) is 19.0 Å². The molecule has 2 aromatic heterocycles. The number of benzene rings is 1. The third-order valence-corrected chi connectivity index (χ3v) is 5.03. The molecule has 6 heteroatoms. The van der Waals surface area contributed by atoms with E-state index in [1.165, 1.54) is 15.6 Å². The van der Waals surface area contributed by atoms with Gasteiger partial charge in [-0.25, -0.2) is 0 Å². The van der Waals surface area contributed by atoms with Gasteiger partial charge in [-0.3, -0.25) is 4.99 Å². The molecule has 1 atom stereocenters. The van der Waals surface area contributed by atoms with E-state index in [1.807, 2.05) is 36.0 Å². The van der Waals surface area contributed by atoms with Crippen molar-refractivity contribution in [2.75, 3.05) is 13.6 Å². The Morgan fingerprint density at radius 1 is 1.29 bits per heavy atom. The van der Waals surface area contributed by atoms with Gasteiger partial charge in [-0.1, -0.05) is 18.2 Å². The molecule has 3 aromatic rings. The van der Waals surface area contributed by atoms with Crippen molar-refractivity contribution in [3.63, 3.8) is 0 Å². The van der Waals surface area contributed by atoms with Crippen LogP contribution in [0.1, 0.15) is 16.5 Å². The highest BCUT2D eigenvalue weighted by Crippen LogP contribution is 2.29. The van der Waals surface area contributed by atoms with Gasteiger partial charge in [0.15, 0.2) is 5.96 Å². The van der Waals surface area contributed by atoms with Crippen molar-refractivity contribution >= 4 is 27.4 Å². The topological polar surface area (TPSA) is 61.6 Å². The van der Waals surface area contributed by atoms with Crippen molar-refractivity contribution in [3.8, 4) is 0 Å². The maximum absolute atomic E-state index is 10.4. The number of fused-ring (bicyclic) bond motifs is 1. The maximum atomic E-state index is 10.4. The Morgan fingerprint density at radius 3 is 2.83 bits per heavy atom. The number of aliphatic hydroxyl groups is 1. The van der Waals surface area contributed by atoms with Gasteiger partial charge in [0.1, 0.15) is 6.10 Å². The summed E-state index contributed by atoms with van der Waals surface area (Å²) in [5.74, 6) is 0.680. The molecule has 0 aliphatic heterocycles. The maximum Gasteiger partial charge on any atom is 0.191 e. The van der Waals surface area contributed by atoms with Crippen molar-refractivity contribution < 1.29 is 5.11 Å². The normalized spacial score (nSPS) is 13.2. The quantitative estimate of drug-likeness (QED) is 0.493. The largest absolute Gasteiger partial charge is 0.386 e. The van der Waals surface area contributed by atoms with Gasteiger partial charge in [0.05, 0.1) is 0 Å². The first-order valence-corrected chi connectivity index (χ1v) is 8.69. The highest BCUT2D eigenvalue weighted by molar-refractivity contribution is 7.19. The fourth-order valence-electron chi connectivity index (χ4n) is 2.53. The van der Waals surface area contributed by atoms with Gasteiger partial charge in [-0.2, -0.15) is 0 Å². The molecule has 0 spiro atoms. The van der Waals surface area contributed by atoms with Gasteiger partial charge >= 0.3 is 0 Å². The Bertz CT molecular complexity index is 803. The third-order valence-electron chi connectivity index (χ3n) is 3.81. The zero-order valence-corrected chi connectivity index (χ0v) is 14.7. The van der Waals surface area contributed by atoms with E-state index in [9.17, 15) is 5.11 Å². The summed E-state index contributed by atoms with van der Waals surface area (Å²) >= 11 is 1.62. The standard InChI is InChI=1S/C18H22N4OS/c1-19-18(20-10-13-7-8-22(2)12-13)21-11-15(23)17-9-14-5-3-4-6-16(14)24-17/h3-9,12,15,23H,10-11H2,1-2H3,(H2,19,20,21). The van der Waals surface area contributed by atoms with E-state index in [1.54, 1.807) is 18.4 Å². The smallest absolute Gasteiger partial charge is 0.191 e. The summed E-state index contributed by atoms with van der Waals surface area (Å²) < 4.78 is 3.21. The second-order valence-electron chi connectivity index (χ2n) is 5.69. The highest BCUT2D eigenvalue weighted by Gasteiger charge is 2.12. The lowest BCUT2D eigenvalue weighted by Gasteiger charge is -2.14. The van der Waals surface area contributed by atoms with Crippen molar-refractivity contribution in [2.45, 2.75) is 12.6 Å². The average Bonchev–Trinajstić information content (AvgIpc) is 3.20. The van der Waals surface area contributed by atoms with E-state index in [0.717, 1.165) is 4.88 Å². The van der Waals surface area contributed by atoms with Crippen LogP contribution in [0.5, 0.6) is 0 Å². The number of nitrogens with one attached hydrogen (secondary N) is 2. The number of guanidine groups is 1. The van der Waals surface area contributed by atoms with Crippen molar-refractivity contribution in [1.82, 2.24) is 15.2 Å². The Morgan fingerprint density at radius 2 is 2.12 bits per heavy atom. The highest BCUT2D eigenvalue weighted by atomic mass is 32.1. The summed E-state index contributed by atoms with van der Waals surface area (Å²) in [5.41, 5.74) is 1.19. The van der Waals surface area contributed by atoms with E-state index >= 15 is 0 Å². The van der Waals surface area contributed by atoms with Gasteiger partial charge in [0.25, 0.3) is 0 Å². The van der Waals surface area contributed by atoms with Crippen LogP contribution in [-0.2, 0) is 13.6 Å². The zero-order valence-electron chi connectivity index (χ0n) is 13.9. The molecule has 1 aromatic carbocycles. The fraction of sp³-hybridized carbons (Fsp3) is 0.278. The van der Waals surface area contributed by atoms with Crippen LogP contribution in [0.3, 0.4) is 0 Å². The number of rotatable bonds is 5. The SMILES string of the molecule is CN=C(NCc1ccn(C)c1)NCC(O)c1cc2ccccc2s1. The minimum atomic E-state index is -0.558. The molecule has 1 unspecified atom stereocenters. The summed E-state index contributed by atoms with van der Waals surface area (Å²) in [5, 5.41) is 18.0. The lowest BCUT2D eigenvalue weighted by molar-refractivity contribution is 0.184. The van der Waals surface area contributed by atoms with Gasteiger partial charge in [-0.15, -0.1) is 11.3 Å². The lowest BCUT2D eigenvalue weighted by atomic mass is 10.2. The molecule has 0 aliphatic carbocycles. The van der Waals surface area contributed by atoms with Crippen molar-refractivity contribution in [3.05, 3.63) is 59.2 Å². The van der Waals surface area contributed by atoms with Crippen molar-refractivity contribution in [2.24, 2.45) is 12.0 Å². The molecule has 0 saturated carbocycles. The van der Waals surface area contributed by atoms with Crippen LogP contribution < -0.4 is 10.6 Å². The van der Waals surface area contributed by atoms with Gasteiger partial charge in [0.2, 0.25) is 0 Å². The molecule has 0 aliphatic rings. The molecular formula is C18H22N4OS. The fourth-order valence-corrected chi connectivity index (χ4v) is 3.58. The number of hydrogen-bond donors (Lipinski definition) is 3. The number of aliphatic hydroxyl groups excluding tert-OH is 1. The average molecular weight is 342 g/mol. The monoisotopic (exact) mass is 342 g/mol. The molecule has 0 saturated heterocycles. The predicted molar refractivity (Wildman–Crippen MR) is 100 cm³/mol. The number of thiophene rings is 1. The summed E-state index contributed by atoms with van der Waals surface area (Å²) in [6, 6.07) is 12.3. The number of aromatic nitrogens is 1. The minimum absolute atomic E-state index is 0.418. The molecule has 0 radical (unpaired) electrons. The third kappa shape index (κ3) is 3.96. The molecule has 0 amide bonds. The summed E-state index contributed by atoms with van der Waals surface area (Å²) in [4.78, 5) is 5.16. The first-order valence-electron chi connectivity index (χ1n) is 7.87. The molecule has 24 heavy (non-hydrogen) atoms. The predicted octanol–water partition coefficient (Wildman–Crippen LogP) is 2.64. The summed E-state index contributed by atoms with van der Waals surface area (Å²) in [6.07, 6.45) is 3.52. The van der Waals surface area contributed by atoms with Crippen LogP contribution in [0.4, 0.5) is 0 Å². The summed E-state index contributed by atoms with van der Waals surface area (Å²) in [6.45, 7) is 1.11. The van der Waals surface area contributed by atoms with E-state index in [-0.39, 0.29) is 0 Å². The molecular weight excluding hydrogens is 320 g/mol. The molecule has 5 nitrogen and oxygen atoms in total. The van der Waals surface area contributed by atoms with Crippen LogP contribution in [0.25, 0.3) is 10.1 Å². The van der Waals surface area contributed by atoms with Crippen LogP contribution in [0.15, 0.2) is 53.8 Å². The minimum Gasteiger partial charge on any atom is -0.386 e. The molecule has 0 fully saturated rings. The molecule has 3 N–H and O–H groups in total. The Kier molecular flexibility index (Phi) is 5.17. The van der Waals surface area contributed by atoms with Crippen LogP contribution in [0, 0.1) is 0 Å². The molecule has 0 bridgehead atoms. The van der Waals surface area contributed by atoms with E-state index < -0.39 is 6.10 Å². The number of hydrogen-bond acceptors (Lipinski definition) is 3. The van der Waals surface area contributed by atoms with Gasteiger partial charge in [0, 0.05) is 49.2 Å². The van der Waals surface area contributed by atoms with Gasteiger partial charge in [-0.05, 0) is 29.1 Å². The number of nitrogens with zero attached hydrogens (tertiary/aromatic N) is 2. The summed E-state index contributed by atoms with van der Waals surface area (Å²) in [7, 11) is 3.73. The van der Waals surface area contributed by atoms with Crippen LogP contribution >= 0.6 is 11.3 Å². The van der Waals surface area contributed by atoms with E-state index in [2.05, 4.69) is 40.0 Å². The molecule has 3 rings (SSSR count).